The minimum absolute atomic E-state index is 0.166. The van der Waals surface area contributed by atoms with Crippen molar-refractivity contribution in [2.45, 2.75) is 68.7 Å². The third-order valence-corrected chi connectivity index (χ3v) is 13.3. The molecule has 2 saturated heterocycles. The number of ketones is 1. The first-order valence-electron chi connectivity index (χ1n) is 22.8. The van der Waals surface area contributed by atoms with Gasteiger partial charge in [-0.1, -0.05) is 182 Å². The number of hydrogen-bond acceptors (Lipinski definition) is 6. The van der Waals surface area contributed by atoms with E-state index in [-0.39, 0.29) is 23.7 Å². The summed E-state index contributed by atoms with van der Waals surface area (Å²) in [5.41, 5.74) is 3.75. The van der Waals surface area contributed by atoms with Crippen LogP contribution in [0.4, 0.5) is 0 Å². The average molecular weight is 829 g/mol. The molecule has 3 N–H and O–H groups in total. The fourth-order valence-corrected chi connectivity index (χ4v) is 9.78. The highest BCUT2D eigenvalue weighted by Crippen LogP contribution is 2.43. The summed E-state index contributed by atoms with van der Waals surface area (Å²) in [4.78, 5) is 17.2. The van der Waals surface area contributed by atoms with Crippen LogP contribution in [0.15, 0.2) is 182 Å². The Morgan fingerprint density at radius 2 is 0.806 bits per heavy atom. The lowest BCUT2D eigenvalue weighted by Crippen LogP contribution is -2.44. The molecule has 2 fully saturated rings. The number of aliphatic hydroxyl groups is 3. The topological polar surface area (TPSA) is 84.2 Å². The van der Waals surface area contributed by atoms with Gasteiger partial charge in [0.2, 0.25) is 0 Å². The summed E-state index contributed by atoms with van der Waals surface area (Å²) in [6.07, 6.45) is 6.62. The molecule has 0 spiro atoms. The van der Waals surface area contributed by atoms with Gasteiger partial charge < -0.3 is 25.1 Å². The van der Waals surface area contributed by atoms with Gasteiger partial charge in [-0.05, 0) is 124 Å². The van der Waals surface area contributed by atoms with Crippen LogP contribution in [0.2, 0.25) is 0 Å². The third kappa shape index (κ3) is 11.2. The molecule has 0 amide bonds. The van der Waals surface area contributed by atoms with Crippen molar-refractivity contribution in [1.82, 2.24) is 9.80 Å². The zero-order chi connectivity index (χ0) is 43.0. The lowest BCUT2D eigenvalue weighted by atomic mass is 9.72. The summed E-state index contributed by atoms with van der Waals surface area (Å²) in [5, 5.41) is 34.4. The van der Waals surface area contributed by atoms with Crippen LogP contribution in [0.1, 0.15) is 95.6 Å². The van der Waals surface area contributed by atoms with E-state index >= 15 is 0 Å². The number of aliphatic hydroxyl groups excluding tert-OH is 1. The second-order valence-corrected chi connectivity index (χ2v) is 17.2. The van der Waals surface area contributed by atoms with Crippen molar-refractivity contribution in [3.05, 3.63) is 215 Å². The summed E-state index contributed by atoms with van der Waals surface area (Å²) in [5.74, 6) is 0.570. The Labute approximate surface area is 369 Å². The number of nitrogens with zero attached hydrogens (tertiary/aromatic N) is 2. The number of hydrogen-bond donors (Lipinski definition) is 3. The molecule has 62 heavy (non-hydrogen) atoms. The summed E-state index contributed by atoms with van der Waals surface area (Å²) in [6.45, 7) is 5.78. The number of likely N-dealkylation sites (tertiary alicyclic amines) is 2. The van der Waals surface area contributed by atoms with E-state index in [9.17, 15) is 20.1 Å². The maximum atomic E-state index is 12.3. The third-order valence-electron chi connectivity index (χ3n) is 13.3. The van der Waals surface area contributed by atoms with Gasteiger partial charge in [-0.3, -0.25) is 4.79 Å². The summed E-state index contributed by atoms with van der Waals surface area (Å²) < 4.78 is 0. The molecular formula is C56H64N2O4. The lowest BCUT2D eigenvalue weighted by Gasteiger charge is -2.42. The summed E-state index contributed by atoms with van der Waals surface area (Å²) in [7, 11) is 0. The summed E-state index contributed by atoms with van der Waals surface area (Å²) >= 11 is 0. The van der Waals surface area contributed by atoms with Gasteiger partial charge in [-0.25, -0.2) is 0 Å². The van der Waals surface area contributed by atoms with Crippen molar-refractivity contribution < 1.29 is 20.1 Å². The van der Waals surface area contributed by atoms with Crippen molar-refractivity contribution in [2.24, 2.45) is 11.8 Å². The van der Waals surface area contributed by atoms with E-state index in [1.807, 2.05) is 182 Å². The molecule has 0 bridgehead atoms. The molecule has 1 unspecified atom stereocenters. The normalized spacial score (nSPS) is 16.2. The van der Waals surface area contributed by atoms with E-state index in [4.69, 9.17) is 0 Å². The van der Waals surface area contributed by atoms with Gasteiger partial charge in [0.1, 0.15) is 11.2 Å². The molecule has 0 aliphatic carbocycles. The van der Waals surface area contributed by atoms with Crippen LogP contribution in [0, 0.1) is 11.8 Å². The highest BCUT2D eigenvalue weighted by atomic mass is 16.3. The molecule has 2 aliphatic heterocycles. The van der Waals surface area contributed by atoms with Crippen molar-refractivity contribution in [2.75, 3.05) is 39.3 Å². The van der Waals surface area contributed by atoms with Crippen LogP contribution >= 0.6 is 0 Å². The number of Topliss-reactive ketones (excluding diaryl/α,β-unsaturated/α-hetero) is 1. The maximum absolute atomic E-state index is 12.3. The average Bonchev–Trinajstić information content (AvgIpc) is 3.35. The molecule has 6 heteroatoms. The second kappa shape index (κ2) is 22.2. The Bertz CT molecular complexity index is 2090. The van der Waals surface area contributed by atoms with Crippen LogP contribution in [0.25, 0.3) is 0 Å². The van der Waals surface area contributed by atoms with E-state index in [0.717, 1.165) is 118 Å². The predicted molar refractivity (Wildman–Crippen MR) is 251 cm³/mol. The molecule has 6 aromatic rings. The zero-order valence-electron chi connectivity index (χ0n) is 36.1. The fourth-order valence-electron chi connectivity index (χ4n) is 9.78. The van der Waals surface area contributed by atoms with Crippen molar-refractivity contribution in [3.63, 3.8) is 0 Å². The quantitative estimate of drug-likeness (QED) is 0.0843. The first-order chi connectivity index (χ1) is 30.4. The van der Waals surface area contributed by atoms with Crippen LogP contribution < -0.4 is 0 Å². The summed E-state index contributed by atoms with van der Waals surface area (Å²) in [6, 6.07) is 59.8. The fraction of sp³-hybridized carbons (Fsp3) is 0.339. The number of piperidine rings is 2. The van der Waals surface area contributed by atoms with E-state index in [1.54, 1.807) is 0 Å². The standard InChI is InChI=1S/C28H33NO2.C28H31NO2/c2*30-27(23-11-4-1-5-12-23)17-10-20-29-21-18-26(19-22-29)28(31,24-13-6-2-7-14-24)25-15-8-3-9-16-25/h1-9,11-16,26-27,30-31H,10,17-22H2;1-9,11-16,26,31H,10,17-22H2. The van der Waals surface area contributed by atoms with E-state index < -0.39 is 11.2 Å². The molecule has 6 nitrogen and oxygen atoms in total. The van der Waals surface area contributed by atoms with Crippen LogP contribution in [-0.4, -0.2) is 70.2 Å². The van der Waals surface area contributed by atoms with Gasteiger partial charge >= 0.3 is 0 Å². The number of rotatable bonds is 16. The highest BCUT2D eigenvalue weighted by Gasteiger charge is 2.42. The van der Waals surface area contributed by atoms with Gasteiger partial charge in [0.15, 0.2) is 5.78 Å². The van der Waals surface area contributed by atoms with Gasteiger partial charge in [-0.2, -0.15) is 0 Å². The number of benzene rings is 6. The lowest BCUT2D eigenvalue weighted by molar-refractivity contribution is -0.0147. The number of carbonyl (C=O) groups is 1. The van der Waals surface area contributed by atoms with Crippen molar-refractivity contribution in [3.8, 4) is 0 Å². The molecule has 0 aromatic heterocycles. The molecule has 1 atom stereocenters. The minimum Gasteiger partial charge on any atom is -0.388 e. The Hall–Kier alpha value is -5.21. The first kappa shape index (κ1) is 44.8. The molecule has 6 aromatic carbocycles. The predicted octanol–water partition coefficient (Wildman–Crippen LogP) is 10.4. The van der Waals surface area contributed by atoms with E-state index in [0.29, 0.717) is 6.42 Å². The molecule has 8 rings (SSSR count). The van der Waals surface area contributed by atoms with Gasteiger partial charge in [0.25, 0.3) is 0 Å². The molecular weight excluding hydrogens is 765 g/mol. The Kier molecular flexibility index (Phi) is 16.1. The van der Waals surface area contributed by atoms with E-state index in [1.165, 1.54) is 0 Å². The zero-order valence-corrected chi connectivity index (χ0v) is 36.1. The van der Waals surface area contributed by atoms with Crippen LogP contribution in [-0.2, 0) is 11.2 Å². The Morgan fingerprint density at radius 3 is 1.18 bits per heavy atom. The molecule has 322 valence electrons. The Morgan fingerprint density at radius 1 is 0.484 bits per heavy atom. The SMILES string of the molecule is O=C(CCCN1CCC(C(O)(c2ccccc2)c2ccccc2)CC1)c1ccccc1.OC(CCCN1CCC(C(O)(c2ccccc2)c2ccccc2)CC1)c1ccccc1. The number of carbonyl (C=O) groups excluding carboxylic acids is 1. The first-order valence-corrected chi connectivity index (χ1v) is 22.8. The van der Waals surface area contributed by atoms with Crippen molar-refractivity contribution >= 4 is 5.78 Å². The van der Waals surface area contributed by atoms with Crippen LogP contribution in [0.5, 0.6) is 0 Å². The van der Waals surface area contributed by atoms with Crippen molar-refractivity contribution in [1.29, 1.82) is 0 Å². The molecule has 0 saturated carbocycles. The van der Waals surface area contributed by atoms with Gasteiger partial charge in [0, 0.05) is 12.0 Å². The van der Waals surface area contributed by atoms with Crippen LogP contribution in [0.3, 0.4) is 0 Å². The second-order valence-electron chi connectivity index (χ2n) is 17.2. The molecule has 2 heterocycles. The maximum Gasteiger partial charge on any atom is 0.162 e. The van der Waals surface area contributed by atoms with E-state index in [2.05, 4.69) is 9.80 Å². The highest BCUT2D eigenvalue weighted by molar-refractivity contribution is 5.95. The van der Waals surface area contributed by atoms with Gasteiger partial charge in [-0.15, -0.1) is 0 Å². The Balaban J connectivity index is 0.000000186. The molecule has 0 radical (unpaired) electrons. The van der Waals surface area contributed by atoms with Gasteiger partial charge in [0.05, 0.1) is 6.10 Å². The monoisotopic (exact) mass is 828 g/mol. The minimum atomic E-state index is -0.974. The molecule has 2 aliphatic rings. The largest absolute Gasteiger partial charge is 0.388 e. The smallest absolute Gasteiger partial charge is 0.162 e.